The third kappa shape index (κ3) is 7.54. The summed E-state index contributed by atoms with van der Waals surface area (Å²) in [6, 6.07) is 6.54. The molecular formula is C21H32N2O4S. The van der Waals surface area contributed by atoms with Gasteiger partial charge in [0.25, 0.3) is 11.8 Å². The Morgan fingerprint density at radius 3 is 2.25 bits per heavy atom. The number of nitrogens with one attached hydrogen (secondary N) is 2. The van der Waals surface area contributed by atoms with Gasteiger partial charge in [0.1, 0.15) is 6.04 Å². The molecule has 0 saturated carbocycles. The highest BCUT2D eigenvalue weighted by Gasteiger charge is 2.26. The van der Waals surface area contributed by atoms with Gasteiger partial charge in [0, 0.05) is 12.1 Å². The summed E-state index contributed by atoms with van der Waals surface area (Å²) in [6.07, 6.45) is 1.44. The maximum absolute atomic E-state index is 12.6. The molecule has 7 heteroatoms. The molecule has 0 aliphatic carbocycles. The lowest BCUT2D eigenvalue weighted by atomic mass is 9.86. The monoisotopic (exact) mass is 408 g/mol. The molecule has 0 spiro atoms. The van der Waals surface area contributed by atoms with Gasteiger partial charge in [-0.05, 0) is 55.4 Å². The van der Waals surface area contributed by atoms with Gasteiger partial charge in [-0.3, -0.25) is 9.59 Å². The number of hydrogen-bond acceptors (Lipinski definition) is 5. The van der Waals surface area contributed by atoms with Crippen molar-refractivity contribution < 1.29 is 19.1 Å². The molecule has 0 radical (unpaired) electrons. The zero-order valence-electron chi connectivity index (χ0n) is 17.6. The molecule has 0 aliphatic rings. The van der Waals surface area contributed by atoms with E-state index in [4.69, 9.17) is 4.74 Å². The van der Waals surface area contributed by atoms with Crippen LogP contribution in [0.3, 0.4) is 0 Å². The second-order valence-electron chi connectivity index (χ2n) is 7.61. The third-order valence-electron chi connectivity index (χ3n) is 4.23. The highest BCUT2D eigenvalue weighted by atomic mass is 32.2. The minimum absolute atomic E-state index is 0.00506. The molecule has 156 valence electrons. The van der Waals surface area contributed by atoms with Gasteiger partial charge in [0.15, 0.2) is 6.10 Å². The van der Waals surface area contributed by atoms with Crippen LogP contribution in [0.1, 0.15) is 57.0 Å². The van der Waals surface area contributed by atoms with E-state index in [9.17, 15) is 14.4 Å². The molecule has 0 saturated heterocycles. The lowest BCUT2D eigenvalue weighted by Gasteiger charge is -2.21. The molecule has 2 amide bonds. The van der Waals surface area contributed by atoms with Crippen LogP contribution in [0.25, 0.3) is 0 Å². The summed E-state index contributed by atoms with van der Waals surface area (Å²) in [7, 11) is 0. The van der Waals surface area contributed by atoms with E-state index in [0.29, 0.717) is 24.3 Å². The molecule has 28 heavy (non-hydrogen) atoms. The Hall–Kier alpha value is -2.02. The van der Waals surface area contributed by atoms with E-state index in [2.05, 4.69) is 31.4 Å². The molecule has 0 aromatic heterocycles. The van der Waals surface area contributed by atoms with Gasteiger partial charge in [-0.2, -0.15) is 11.8 Å². The van der Waals surface area contributed by atoms with E-state index in [-0.39, 0.29) is 17.2 Å². The second-order valence-corrected chi connectivity index (χ2v) is 8.59. The first-order valence-corrected chi connectivity index (χ1v) is 10.9. The van der Waals surface area contributed by atoms with E-state index >= 15 is 0 Å². The quantitative estimate of drug-likeness (QED) is 0.614. The summed E-state index contributed by atoms with van der Waals surface area (Å²) in [5.41, 5.74) is 1.60. The van der Waals surface area contributed by atoms with Crippen molar-refractivity contribution in [1.82, 2.24) is 10.6 Å². The minimum Gasteiger partial charge on any atom is -0.451 e. The maximum Gasteiger partial charge on any atom is 0.329 e. The number of hydrogen-bond donors (Lipinski definition) is 2. The van der Waals surface area contributed by atoms with Crippen molar-refractivity contribution >= 4 is 29.5 Å². The average molecular weight is 409 g/mol. The fourth-order valence-corrected chi connectivity index (χ4v) is 2.95. The zero-order chi connectivity index (χ0) is 21.3. The smallest absolute Gasteiger partial charge is 0.329 e. The number of amides is 2. The van der Waals surface area contributed by atoms with Crippen LogP contribution < -0.4 is 10.6 Å². The van der Waals surface area contributed by atoms with E-state index in [1.807, 2.05) is 18.4 Å². The number of ether oxygens (including phenoxy) is 1. The van der Waals surface area contributed by atoms with Gasteiger partial charge in [-0.15, -0.1) is 0 Å². The highest BCUT2D eigenvalue weighted by molar-refractivity contribution is 7.98. The second kappa shape index (κ2) is 11.1. The van der Waals surface area contributed by atoms with E-state index in [1.165, 1.54) is 6.92 Å². The Morgan fingerprint density at radius 1 is 1.14 bits per heavy atom. The van der Waals surface area contributed by atoms with Crippen LogP contribution in [0.15, 0.2) is 24.3 Å². The molecule has 2 N–H and O–H groups in total. The van der Waals surface area contributed by atoms with Crippen molar-refractivity contribution in [2.24, 2.45) is 0 Å². The third-order valence-corrected chi connectivity index (χ3v) is 4.87. The average Bonchev–Trinajstić information content (AvgIpc) is 2.64. The zero-order valence-corrected chi connectivity index (χ0v) is 18.4. The summed E-state index contributed by atoms with van der Waals surface area (Å²) in [5.74, 6) is -0.622. The summed E-state index contributed by atoms with van der Waals surface area (Å²) < 4.78 is 5.25. The van der Waals surface area contributed by atoms with E-state index in [1.54, 1.807) is 30.8 Å². The van der Waals surface area contributed by atoms with Crippen LogP contribution in [-0.2, 0) is 19.7 Å². The maximum atomic E-state index is 12.6. The van der Waals surface area contributed by atoms with Crippen molar-refractivity contribution in [3.63, 3.8) is 0 Å². The van der Waals surface area contributed by atoms with Crippen LogP contribution in [-0.4, -0.2) is 48.5 Å². The Labute approximate surface area is 172 Å². The topological polar surface area (TPSA) is 84.5 Å². The molecule has 1 rings (SSSR count). The first kappa shape index (κ1) is 24.0. The van der Waals surface area contributed by atoms with Crippen molar-refractivity contribution in [3.05, 3.63) is 35.4 Å². The fourth-order valence-electron chi connectivity index (χ4n) is 2.48. The number of benzene rings is 1. The SMILES string of the molecule is CCNC(=O)[C@@H](C)OC(=O)[C@H](CCSC)NC(=O)c1ccc(C(C)(C)C)cc1. The largest absolute Gasteiger partial charge is 0.451 e. The molecule has 1 aromatic rings. The minimum atomic E-state index is -0.910. The Kier molecular flexibility index (Phi) is 9.52. The Bertz CT molecular complexity index is 668. The number of carbonyl (C=O) groups excluding carboxylic acids is 3. The standard InChI is InChI=1S/C21H32N2O4S/c1-7-22-18(24)14(2)27-20(26)17(12-13-28-6)23-19(25)15-8-10-16(11-9-15)21(3,4)5/h8-11,14,17H,7,12-13H2,1-6H3,(H,22,24)(H,23,25)/t14-,17+/m1/s1. The number of carbonyl (C=O) groups is 3. The summed E-state index contributed by atoms with van der Waals surface area (Å²) >= 11 is 1.57. The van der Waals surface area contributed by atoms with Gasteiger partial charge in [0.2, 0.25) is 0 Å². The fraction of sp³-hybridized carbons (Fsp3) is 0.571. The lowest BCUT2D eigenvalue weighted by molar-refractivity contribution is -0.156. The summed E-state index contributed by atoms with van der Waals surface area (Å²) in [6.45, 7) is 10.1. The number of thioether (sulfide) groups is 1. The lowest BCUT2D eigenvalue weighted by Crippen LogP contribution is -2.45. The van der Waals surface area contributed by atoms with Gasteiger partial charge in [-0.25, -0.2) is 4.79 Å². The van der Waals surface area contributed by atoms with Crippen LogP contribution in [0.2, 0.25) is 0 Å². The molecule has 6 nitrogen and oxygen atoms in total. The summed E-state index contributed by atoms with van der Waals surface area (Å²) in [4.78, 5) is 36.9. The highest BCUT2D eigenvalue weighted by Crippen LogP contribution is 2.22. The molecule has 0 heterocycles. The van der Waals surface area contributed by atoms with Gasteiger partial charge in [0.05, 0.1) is 0 Å². The molecule has 0 aliphatic heterocycles. The van der Waals surface area contributed by atoms with Crippen molar-refractivity contribution in [2.75, 3.05) is 18.6 Å². The first-order chi connectivity index (χ1) is 13.1. The van der Waals surface area contributed by atoms with Gasteiger partial charge < -0.3 is 15.4 Å². The normalized spacial score (nSPS) is 13.4. The van der Waals surface area contributed by atoms with Crippen LogP contribution in [0, 0.1) is 0 Å². The molecule has 0 unspecified atom stereocenters. The number of rotatable bonds is 9. The molecular weight excluding hydrogens is 376 g/mol. The number of esters is 1. The van der Waals surface area contributed by atoms with Crippen LogP contribution in [0.5, 0.6) is 0 Å². The van der Waals surface area contributed by atoms with Crippen molar-refractivity contribution in [1.29, 1.82) is 0 Å². The Morgan fingerprint density at radius 2 is 1.75 bits per heavy atom. The van der Waals surface area contributed by atoms with Gasteiger partial charge >= 0.3 is 5.97 Å². The Balaban J connectivity index is 2.82. The van der Waals surface area contributed by atoms with Crippen molar-refractivity contribution in [2.45, 2.75) is 58.6 Å². The predicted octanol–water partition coefficient (Wildman–Crippen LogP) is 2.90. The van der Waals surface area contributed by atoms with E-state index in [0.717, 1.165) is 5.56 Å². The van der Waals surface area contributed by atoms with Crippen LogP contribution in [0.4, 0.5) is 0 Å². The number of likely N-dealkylation sites (N-methyl/N-ethyl adjacent to an activating group) is 1. The molecule has 1 aromatic carbocycles. The first-order valence-electron chi connectivity index (χ1n) is 9.48. The van der Waals surface area contributed by atoms with Gasteiger partial charge in [-0.1, -0.05) is 32.9 Å². The van der Waals surface area contributed by atoms with Crippen LogP contribution >= 0.6 is 11.8 Å². The predicted molar refractivity (Wildman–Crippen MR) is 114 cm³/mol. The molecule has 0 bridgehead atoms. The summed E-state index contributed by atoms with van der Waals surface area (Å²) in [5, 5.41) is 5.35. The molecule has 2 atom stereocenters. The van der Waals surface area contributed by atoms with E-state index < -0.39 is 18.1 Å². The van der Waals surface area contributed by atoms with Crippen molar-refractivity contribution in [3.8, 4) is 0 Å². The molecule has 0 fully saturated rings.